The molecule has 0 heterocycles. The monoisotopic (exact) mass is 321 g/mol. The second-order valence-electron chi connectivity index (χ2n) is 5.19. The van der Waals surface area contributed by atoms with Crippen molar-refractivity contribution < 1.29 is 13.9 Å². The Morgan fingerprint density at radius 2 is 1.91 bits per heavy atom. The number of ether oxygens (including phenoxy) is 1. The van der Waals surface area contributed by atoms with E-state index in [2.05, 4.69) is 19.2 Å². The van der Waals surface area contributed by atoms with E-state index in [9.17, 15) is 9.18 Å². The van der Waals surface area contributed by atoms with Gasteiger partial charge in [-0.15, -0.1) is 0 Å². The van der Waals surface area contributed by atoms with Crippen LogP contribution in [0.4, 0.5) is 14.9 Å². The Kier molecular flexibility index (Phi) is 5.39. The van der Waals surface area contributed by atoms with Crippen LogP contribution in [-0.4, -0.2) is 6.09 Å². The minimum atomic E-state index is -0.750. The molecule has 0 aliphatic carbocycles. The molecular formula is C17H17ClFNO2. The topological polar surface area (TPSA) is 38.3 Å². The number of amides is 1. The minimum absolute atomic E-state index is 0.0793. The number of hydrogen-bond acceptors (Lipinski definition) is 2. The predicted octanol–water partition coefficient (Wildman–Crippen LogP) is 5.35. The number of carbonyl (C=O) groups is 1. The lowest BCUT2D eigenvalue weighted by Crippen LogP contribution is -2.14. The molecule has 2 rings (SSSR count). The molecule has 0 radical (unpaired) electrons. The number of rotatable bonds is 4. The van der Waals surface area contributed by atoms with Gasteiger partial charge in [-0.1, -0.05) is 55.8 Å². The Morgan fingerprint density at radius 3 is 2.50 bits per heavy atom. The number of hydrogen-bond donors (Lipinski definition) is 1. The van der Waals surface area contributed by atoms with Gasteiger partial charge in [0.05, 0.1) is 10.7 Å². The Morgan fingerprint density at radius 1 is 1.23 bits per heavy atom. The molecule has 1 N–H and O–H groups in total. The van der Waals surface area contributed by atoms with Crippen LogP contribution < -0.4 is 5.32 Å². The van der Waals surface area contributed by atoms with E-state index >= 15 is 0 Å². The molecule has 0 aliphatic heterocycles. The van der Waals surface area contributed by atoms with E-state index in [1.807, 2.05) is 24.3 Å². The lowest BCUT2D eigenvalue weighted by molar-refractivity contribution is 0.155. The maximum Gasteiger partial charge on any atom is 0.412 e. The quantitative estimate of drug-likeness (QED) is 0.824. The third kappa shape index (κ3) is 4.21. The van der Waals surface area contributed by atoms with Gasteiger partial charge in [0.1, 0.15) is 12.4 Å². The van der Waals surface area contributed by atoms with Gasteiger partial charge in [-0.3, -0.25) is 5.32 Å². The van der Waals surface area contributed by atoms with Gasteiger partial charge >= 0.3 is 6.09 Å². The summed E-state index contributed by atoms with van der Waals surface area (Å²) in [5, 5.41) is 2.43. The van der Waals surface area contributed by atoms with Gasteiger partial charge < -0.3 is 4.74 Å². The molecule has 0 spiro atoms. The predicted molar refractivity (Wildman–Crippen MR) is 85.7 cm³/mol. The summed E-state index contributed by atoms with van der Waals surface area (Å²) in [6.07, 6.45) is -0.750. The number of carbonyl (C=O) groups excluding carboxylic acids is 1. The summed E-state index contributed by atoms with van der Waals surface area (Å²) in [4.78, 5) is 11.7. The number of halogens is 2. The van der Waals surface area contributed by atoms with Gasteiger partial charge in [-0.2, -0.15) is 0 Å². The molecule has 0 saturated carbocycles. The Hall–Kier alpha value is -2.07. The van der Waals surface area contributed by atoms with E-state index in [1.165, 1.54) is 23.8 Å². The van der Waals surface area contributed by atoms with Crippen LogP contribution in [0.25, 0.3) is 0 Å². The summed E-state index contributed by atoms with van der Waals surface area (Å²) >= 11 is 5.83. The molecule has 3 nitrogen and oxygen atoms in total. The highest BCUT2D eigenvalue weighted by Crippen LogP contribution is 2.24. The van der Waals surface area contributed by atoms with Crippen molar-refractivity contribution in [2.24, 2.45) is 0 Å². The van der Waals surface area contributed by atoms with Crippen molar-refractivity contribution in [2.45, 2.75) is 26.4 Å². The van der Waals surface area contributed by atoms with Crippen molar-refractivity contribution in [2.75, 3.05) is 5.32 Å². The van der Waals surface area contributed by atoms with Crippen LogP contribution in [0.1, 0.15) is 30.9 Å². The lowest BCUT2D eigenvalue weighted by Gasteiger charge is -2.10. The fraction of sp³-hybridized carbons (Fsp3) is 0.235. The molecule has 2 aromatic rings. The number of para-hydroxylation sites is 1. The fourth-order valence-corrected chi connectivity index (χ4v) is 2.11. The van der Waals surface area contributed by atoms with Crippen molar-refractivity contribution in [1.82, 2.24) is 0 Å². The minimum Gasteiger partial charge on any atom is -0.444 e. The van der Waals surface area contributed by atoms with Crippen LogP contribution in [0.5, 0.6) is 0 Å². The van der Waals surface area contributed by atoms with Crippen LogP contribution >= 0.6 is 11.6 Å². The Bertz CT molecular complexity index is 636. The van der Waals surface area contributed by atoms with E-state index in [0.29, 0.717) is 5.92 Å². The molecule has 0 aromatic heterocycles. The average molecular weight is 322 g/mol. The first kappa shape index (κ1) is 16.3. The average Bonchev–Trinajstić information content (AvgIpc) is 2.49. The molecule has 1 amide bonds. The first-order valence-corrected chi connectivity index (χ1v) is 7.32. The highest BCUT2D eigenvalue weighted by Gasteiger charge is 2.11. The van der Waals surface area contributed by atoms with E-state index in [0.717, 1.165) is 5.56 Å². The third-order valence-corrected chi connectivity index (χ3v) is 3.52. The fourth-order valence-electron chi connectivity index (χ4n) is 1.90. The molecule has 0 unspecified atom stereocenters. The summed E-state index contributed by atoms with van der Waals surface area (Å²) < 4.78 is 18.6. The summed E-state index contributed by atoms with van der Waals surface area (Å²) in [6.45, 7) is 4.32. The molecule has 0 aliphatic rings. The van der Waals surface area contributed by atoms with Crippen LogP contribution in [0.15, 0.2) is 42.5 Å². The van der Waals surface area contributed by atoms with Crippen molar-refractivity contribution in [3.8, 4) is 0 Å². The van der Waals surface area contributed by atoms with Gasteiger partial charge in [0.25, 0.3) is 0 Å². The molecule has 0 atom stereocenters. The van der Waals surface area contributed by atoms with E-state index in [1.54, 1.807) is 0 Å². The number of nitrogens with one attached hydrogen (secondary N) is 1. The Labute approximate surface area is 134 Å². The summed E-state index contributed by atoms with van der Waals surface area (Å²) in [5.41, 5.74) is 2.00. The zero-order valence-electron chi connectivity index (χ0n) is 12.4. The van der Waals surface area contributed by atoms with E-state index < -0.39 is 11.9 Å². The zero-order chi connectivity index (χ0) is 16.1. The van der Waals surface area contributed by atoms with E-state index in [-0.39, 0.29) is 17.3 Å². The molecular weight excluding hydrogens is 305 g/mol. The van der Waals surface area contributed by atoms with Gasteiger partial charge in [-0.05, 0) is 29.2 Å². The van der Waals surface area contributed by atoms with Crippen LogP contribution in [-0.2, 0) is 11.3 Å². The van der Waals surface area contributed by atoms with Crippen molar-refractivity contribution in [3.05, 3.63) is 64.4 Å². The largest absolute Gasteiger partial charge is 0.444 e. The number of anilines is 1. The highest BCUT2D eigenvalue weighted by molar-refractivity contribution is 6.33. The second kappa shape index (κ2) is 7.27. The third-order valence-electron chi connectivity index (χ3n) is 3.21. The van der Waals surface area contributed by atoms with Crippen molar-refractivity contribution in [3.63, 3.8) is 0 Å². The first-order valence-electron chi connectivity index (χ1n) is 6.94. The maximum atomic E-state index is 13.5. The van der Waals surface area contributed by atoms with Crippen molar-refractivity contribution >= 4 is 23.4 Å². The molecule has 22 heavy (non-hydrogen) atoms. The smallest absolute Gasteiger partial charge is 0.412 e. The molecule has 2 aromatic carbocycles. The molecule has 116 valence electrons. The van der Waals surface area contributed by atoms with Crippen LogP contribution in [0, 0.1) is 5.82 Å². The van der Waals surface area contributed by atoms with Gasteiger partial charge in [0, 0.05) is 0 Å². The van der Waals surface area contributed by atoms with Crippen LogP contribution in [0.2, 0.25) is 5.02 Å². The molecule has 0 saturated heterocycles. The zero-order valence-corrected chi connectivity index (χ0v) is 13.2. The molecule has 5 heteroatoms. The van der Waals surface area contributed by atoms with Crippen LogP contribution in [0.3, 0.4) is 0 Å². The second-order valence-corrected chi connectivity index (χ2v) is 5.60. The first-order chi connectivity index (χ1) is 10.5. The Balaban J connectivity index is 1.93. The molecule has 0 bridgehead atoms. The summed E-state index contributed by atoms with van der Waals surface area (Å²) in [6, 6.07) is 12.0. The summed E-state index contributed by atoms with van der Waals surface area (Å²) in [5.74, 6) is -0.160. The normalized spacial score (nSPS) is 10.6. The SMILES string of the molecule is CC(C)c1ccc(COC(=O)Nc2c(F)cccc2Cl)cc1. The van der Waals surface area contributed by atoms with Gasteiger partial charge in [0.2, 0.25) is 0 Å². The van der Waals surface area contributed by atoms with E-state index in [4.69, 9.17) is 16.3 Å². The molecule has 0 fully saturated rings. The van der Waals surface area contributed by atoms with Gasteiger partial charge in [0.15, 0.2) is 0 Å². The number of benzene rings is 2. The van der Waals surface area contributed by atoms with Crippen molar-refractivity contribution in [1.29, 1.82) is 0 Å². The maximum absolute atomic E-state index is 13.5. The van der Waals surface area contributed by atoms with Gasteiger partial charge in [-0.25, -0.2) is 9.18 Å². The lowest BCUT2D eigenvalue weighted by atomic mass is 10.0. The standard InChI is InChI=1S/C17H17ClFNO2/c1-11(2)13-8-6-12(7-9-13)10-22-17(21)20-16-14(18)4-3-5-15(16)19/h3-9,11H,10H2,1-2H3,(H,20,21). The summed E-state index contributed by atoms with van der Waals surface area (Å²) in [7, 11) is 0. The highest BCUT2D eigenvalue weighted by atomic mass is 35.5.